The Morgan fingerprint density at radius 2 is 2.14 bits per heavy atom. The lowest BCUT2D eigenvalue weighted by Gasteiger charge is -2.41. The molecular formula is C18H28ClNO. The number of rotatable bonds is 5. The van der Waals surface area contributed by atoms with Crippen molar-refractivity contribution in [3.8, 4) is 5.75 Å². The Morgan fingerprint density at radius 3 is 2.86 bits per heavy atom. The summed E-state index contributed by atoms with van der Waals surface area (Å²) in [5.74, 6) is 0.925. The van der Waals surface area contributed by atoms with Gasteiger partial charge < -0.3 is 10.1 Å². The predicted octanol–water partition coefficient (Wildman–Crippen LogP) is 4.97. The SMILES string of the molecule is CCCNC1CCC(C)(C)CC1Oc1cc(Cl)ccc1C. The van der Waals surface area contributed by atoms with Crippen LogP contribution >= 0.6 is 11.6 Å². The Bertz CT molecular complexity index is 472. The number of benzene rings is 1. The van der Waals surface area contributed by atoms with E-state index in [-0.39, 0.29) is 6.10 Å². The molecule has 3 heteroatoms. The summed E-state index contributed by atoms with van der Waals surface area (Å²) in [6.07, 6.45) is 4.89. The van der Waals surface area contributed by atoms with Crippen LogP contribution in [0.4, 0.5) is 0 Å². The molecule has 0 radical (unpaired) electrons. The molecule has 2 atom stereocenters. The summed E-state index contributed by atoms with van der Waals surface area (Å²) < 4.78 is 6.37. The molecule has 0 spiro atoms. The average molecular weight is 310 g/mol. The molecule has 2 nitrogen and oxygen atoms in total. The zero-order chi connectivity index (χ0) is 15.5. The van der Waals surface area contributed by atoms with Gasteiger partial charge >= 0.3 is 0 Å². The second-order valence-electron chi connectivity index (χ2n) is 7.03. The standard InChI is InChI=1S/C18H28ClNO/c1-5-10-20-15-8-9-18(3,4)12-17(15)21-16-11-14(19)7-6-13(16)2/h6-7,11,15,17,20H,5,8-10,12H2,1-4H3. The van der Waals surface area contributed by atoms with Crippen LogP contribution in [0, 0.1) is 12.3 Å². The van der Waals surface area contributed by atoms with Gasteiger partial charge in [-0.1, -0.05) is 38.4 Å². The smallest absolute Gasteiger partial charge is 0.124 e. The molecule has 2 rings (SSSR count). The Hall–Kier alpha value is -0.730. The molecule has 0 aliphatic heterocycles. The van der Waals surface area contributed by atoms with Gasteiger partial charge in [-0.2, -0.15) is 0 Å². The van der Waals surface area contributed by atoms with Crippen LogP contribution in [0.25, 0.3) is 0 Å². The zero-order valence-electron chi connectivity index (χ0n) is 13.7. The van der Waals surface area contributed by atoms with E-state index >= 15 is 0 Å². The molecule has 1 aliphatic rings. The molecule has 0 amide bonds. The lowest BCUT2D eigenvalue weighted by Crippen LogP contribution is -2.49. The fraction of sp³-hybridized carbons (Fsp3) is 0.667. The molecule has 1 N–H and O–H groups in total. The second-order valence-corrected chi connectivity index (χ2v) is 7.47. The highest BCUT2D eigenvalue weighted by atomic mass is 35.5. The van der Waals surface area contributed by atoms with Crippen molar-refractivity contribution < 1.29 is 4.74 Å². The first kappa shape index (κ1) is 16.6. The van der Waals surface area contributed by atoms with Crippen LogP contribution in [-0.4, -0.2) is 18.7 Å². The molecule has 0 heterocycles. The fourth-order valence-corrected chi connectivity index (χ4v) is 3.23. The maximum Gasteiger partial charge on any atom is 0.124 e. The lowest BCUT2D eigenvalue weighted by molar-refractivity contribution is 0.0526. The van der Waals surface area contributed by atoms with E-state index in [2.05, 4.69) is 33.0 Å². The summed E-state index contributed by atoms with van der Waals surface area (Å²) in [5, 5.41) is 4.40. The number of ether oxygens (including phenoxy) is 1. The van der Waals surface area contributed by atoms with Crippen LogP contribution < -0.4 is 10.1 Å². The van der Waals surface area contributed by atoms with Gasteiger partial charge in [-0.25, -0.2) is 0 Å². The van der Waals surface area contributed by atoms with E-state index in [1.807, 2.05) is 18.2 Å². The largest absolute Gasteiger partial charge is 0.488 e. The van der Waals surface area contributed by atoms with Gasteiger partial charge in [0.05, 0.1) is 0 Å². The number of nitrogens with one attached hydrogen (secondary N) is 1. The van der Waals surface area contributed by atoms with E-state index in [1.54, 1.807) is 0 Å². The first-order valence-corrected chi connectivity index (χ1v) is 8.45. The van der Waals surface area contributed by atoms with Gasteiger partial charge in [0.1, 0.15) is 11.9 Å². The maximum absolute atomic E-state index is 6.37. The molecule has 1 saturated carbocycles. The van der Waals surface area contributed by atoms with E-state index in [4.69, 9.17) is 16.3 Å². The van der Waals surface area contributed by atoms with Gasteiger partial charge in [0, 0.05) is 11.1 Å². The van der Waals surface area contributed by atoms with Gasteiger partial charge in [-0.15, -0.1) is 0 Å². The second kappa shape index (κ2) is 7.02. The third-order valence-corrected chi connectivity index (χ3v) is 4.65. The van der Waals surface area contributed by atoms with E-state index in [9.17, 15) is 0 Å². The third kappa shape index (κ3) is 4.62. The molecule has 118 valence electrons. The summed E-state index contributed by atoms with van der Waals surface area (Å²) >= 11 is 6.11. The van der Waals surface area contributed by atoms with Crippen molar-refractivity contribution in [3.05, 3.63) is 28.8 Å². The van der Waals surface area contributed by atoms with Crippen LogP contribution in [0.1, 0.15) is 52.0 Å². The molecule has 0 aromatic heterocycles. The molecular weight excluding hydrogens is 282 g/mol. The maximum atomic E-state index is 6.37. The molecule has 1 aromatic carbocycles. The monoisotopic (exact) mass is 309 g/mol. The van der Waals surface area contributed by atoms with Crippen molar-refractivity contribution in [2.24, 2.45) is 5.41 Å². The predicted molar refractivity (Wildman–Crippen MR) is 90.3 cm³/mol. The van der Waals surface area contributed by atoms with Crippen molar-refractivity contribution in [1.29, 1.82) is 0 Å². The average Bonchev–Trinajstić information content (AvgIpc) is 2.41. The number of hydrogen-bond donors (Lipinski definition) is 1. The first-order valence-electron chi connectivity index (χ1n) is 8.07. The summed E-state index contributed by atoms with van der Waals surface area (Å²) in [5.41, 5.74) is 1.50. The van der Waals surface area contributed by atoms with Crippen LogP contribution in [0.3, 0.4) is 0 Å². The molecule has 0 saturated heterocycles. The number of halogens is 1. The van der Waals surface area contributed by atoms with E-state index in [0.29, 0.717) is 11.5 Å². The number of aryl methyl sites for hydroxylation is 1. The van der Waals surface area contributed by atoms with Gasteiger partial charge in [0.25, 0.3) is 0 Å². The Labute approximate surface area is 134 Å². The highest BCUT2D eigenvalue weighted by molar-refractivity contribution is 6.30. The summed E-state index contributed by atoms with van der Waals surface area (Å²) in [6.45, 7) is 10.0. The summed E-state index contributed by atoms with van der Waals surface area (Å²) in [7, 11) is 0. The minimum Gasteiger partial charge on any atom is -0.488 e. The highest BCUT2D eigenvalue weighted by Crippen LogP contribution is 2.38. The third-order valence-electron chi connectivity index (χ3n) is 4.42. The summed E-state index contributed by atoms with van der Waals surface area (Å²) in [4.78, 5) is 0. The van der Waals surface area contributed by atoms with Crippen LogP contribution in [0.2, 0.25) is 5.02 Å². The molecule has 0 bridgehead atoms. The Kier molecular flexibility index (Phi) is 5.56. The van der Waals surface area contributed by atoms with E-state index in [0.717, 1.165) is 35.7 Å². The lowest BCUT2D eigenvalue weighted by atomic mass is 9.74. The van der Waals surface area contributed by atoms with Crippen LogP contribution in [0.15, 0.2) is 18.2 Å². The van der Waals surface area contributed by atoms with Crippen molar-refractivity contribution in [1.82, 2.24) is 5.32 Å². The normalized spacial score (nSPS) is 24.8. The van der Waals surface area contributed by atoms with Crippen molar-refractivity contribution >= 4 is 11.6 Å². The minimum absolute atomic E-state index is 0.220. The van der Waals surface area contributed by atoms with Crippen LogP contribution in [0.5, 0.6) is 5.75 Å². The van der Waals surface area contributed by atoms with E-state index < -0.39 is 0 Å². The highest BCUT2D eigenvalue weighted by Gasteiger charge is 2.36. The van der Waals surface area contributed by atoms with E-state index in [1.165, 1.54) is 12.8 Å². The van der Waals surface area contributed by atoms with Gasteiger partial charge in [-0.3, -0.25) is 0 Å². The minimum atomic E-state index is 0.220. The molecule has 2 unspecified atom stereocenters. The summed E-state index contributed by atoms with van der Waals surface area (Å²) in [6, 6.07) is 6.33. The fourth-order valence-electron chi connectivity index (χ4n) is 3.07. The zero-order valence-corrected chi connectivity index (χ0v) is 14.5. The molecule has 1 aliphatic carbocycles. The van der Waals surface area contributed by atoms with Gasteiger partial charge in [0.2, 0.25) is 0 Å². The van der Waals surface area contributed by atoms with Crippen molar-refractivity contribution in [2.75, 3.05) is 6.54 Å². The first-order chi connectivity index (χ1) is 9.91. The van der Waals surface area contributed by atoms with Gasteiger partial charge in [0.15, 0.2) is 0 Å². The topological polar surface area (TPSA) is 21.3 Å². The Balaban J connectivity index is 2.13. The quantitative estimate of drug-likeness (QED) is 0.828. The Morgan fingerprint density at radius 1 is 1.38 bits per heavy atom. The van der Waals surface area contributed by atoms with Crippen molar-refractivity contribution in [2.45, 2.75) is 65.5 Å². The van der Waals surface area contributed by atoms with Gasteiger partial charge in [-0.05, 0) is 62.3 Å². The number of hydrogen-bond acceptors (Lipinski definition) is 2. The molecule has 21 heavy (non-hydrogen) atoms. The molecule has 1 aromatic rings. The molecule has 1 fully saturated rings. The van der Waals surface area contributed by atoms with Crippen LogP contribution in [-0.2, 0) is 0 Å². The van der Waals surface area contributed by atoms with Crippen molar-refractivity contribution in [3.63, 3.8) is 0 Å².